The van der Waals surface area contributed by atoms with E-state index in [1.54, 1.807) is 6.92 Å². The second kappa shape index (κ2) is 4.53. The number of halogens is 4. The van der Waals surface area contributed by atoms with Gasteiger partial charge in [-0.15, -0.1) is 0 Å². The fourth-order valence-electron chi connectivity index (χ4n) is 1.20. The molecular formula is C10H10BrF3O. The first-order valence-electron chi connectivity index (χ1n) is 4.40. The van der Waals surface area contributed by atoms with E-state index in [4.69, 9.17) is 0 Å². The van der Waals surface area contributed by atoms with Crippen molar-refractivity contribution in [3.8, 4) is 0 Å². The first kappa shape index (κ1) is 12.5. The molecule has 0 spiro atoms. The van der Waals surface area contributed by atoms with Crippen molar-refractivity contribution >= 4 is 15.9 Å². The molecule has 1 atom stereocenters. The van der Waals surface area contributed by atoms with E-state index < -0.39 is 17.8 Å². The summed E-state index contributed by atoms with van der Waals surface area (Å²) in [4.78, 5) is 0. The highest BCUT2D eigenvalue weighted by atomic mass is 79.9. The van der Waals surface area contributed by atoms with Crippen LogP contribution in [-0.4, -0.2) is 5.11 Å². The zero-order chi connectivity index (χ0) is 11.6. The van der Waals surface area contributed by atoms with Crippen LogP contribution in [0.5, 0.6) is 0 Å². The predicted octanol–water partition coefficient (Wildman–Crippen LogP) is 3.91. The fraction of sp³-hybridized carbons (Fsp3) is 0.400. The SMILES string of the molecule is CCC(O)c1cc(Br)cc(C(F)(F)F)c1. The maximum absolute atomic E-state index is 12.4. The molecular weight excluding hydrogens is 273 g/mol. The van der Waals surface area contributed by atoms with Gasteiger partial charge >= 0.3 is 6.18 Å². The van der Waals surface area contributed by atoms with Gasteiger partial charge in [-0.2, -0.15) is 13.2 Å². The van der Waals surface area contributed by atoms with Crippen LogP contribution in [0.25, 0.3) is 0 Å². The Hall–Kier alpha value is -0.550. The molecule has 1 N–H and O–H groups in total. The van der Waals surface area contributed by atoms with Gasteiger partial charge in [-0.3, -0.25) is 0 Å². The van der Waals surface area contributed by atoms with E-state index in [1.165, 1.54) is 6.07 Å². The molecule has 0 radical (unpaired) electrons. The highest BCUT2D eigenvalue weighted by Gasteiger charge is 2.31. The number of rotatable bonds is 2. The highest BCUT2D eigenvalue weighted by Crippen LogP contribution is 2.33. The number of alkyl halides is 3. The van der Waals surface area contributed by atoms with Gasteiger partial charge in [0.15, 0.2) is 0 Å². The molecule has 15 heavy (non-hydrogen) atoms. The summed E-state index contributed by atoms with van der Waals surface area (Å²) in [6, 6.07) is 3.45. The summed E-state index contributed by atoms with van der Waals surface area (Å²) in [7, 11) is 0. The van der Waals surface area contributed by atoms with Crippen LogP contribution in [0.4, 0.5) is 13.2 Å². The second-order valence-corrected chi connectivity index (χ2v) is 4.11. The van der Waals surface area contributed by atoms with Crippen LogP contribution < -0.4 is 0 Å². The third-order valence-electron chi connectivity index (χ3n) is 2.02. The molecule has 0 heterocycles. The lowest BCUT2D eigenvalue weighted by molar-refractivity contribution is -0.137. The quantitative estimate of drug-likeness (QED) is 0.872. The summed E-state index contributed by atoms with van der Waals surface area (Å²) in [5, 5.41) is 9.46. The van der Waals surface area contributed by atoms with Crippen LogP contribution >= 0.6 is 15.9 Å². The maximum atomic E-state index is 12.4. The molecule has 1 aromatic rings. The molecule has 84 valence electrons. The van der Waals surface area contributed by atoms with Gasteiger partial charge in [0.1, 0.15) is 0 Å². The van der Waals surface area contributed by atoms with Gasteiger partial charge in [-0.05, 0) is 30.2 Å². The molecule has 0 saturated carbocycles. The minimum Gasteiger partial charge on any atom is -0.388 e. The Balaban J connectivity index is 3.17. The van der Waals surface area contributed by atoms with E-state index in [2.05, 4.69) is 15.9 Å². The molecule has 0 aliphatic heterocycles. The van der Waals surface area contributed by atoms with E-state index in [-0.39, 0.29) is 5.56 Å². The Morgan fingerprint density at radius 1 is 1.33 bits per heavy atom. The number of aliphatic hydroxyl groups excluding tert-OH is 1. The Bertz CT molecular complexity index is 349. The zero-order valence-electron chi connectivity index (χ0n) is 7.98. The molecule has 1 nitrogen and oxygen atoms in total. The zero-order valence-corrected chi connectivity index (χ0v) is 9.56. The Morgan fingerprint density at radius 3 is 2.40 bits per heavy atom. The summed E-state index contributed by atoms with van der Waals surface area (Å²) >= 11 is 2.99. The number of hydrogen-bond acceptors (Lipinski definition) is 1. The van der Waals surface area contributed by atoms with E-state index in [1.807, 2.05) is 0 Å². The van der Waals surface area contributed by atoms with Crippen molar-refractivity contribution in [3.05, 3.63) is 33.8 Å². The molecule has 0 aliphatic rings. The summed E-state index contributed by atoms with van der Waals surface area (Å²) in [6.07, 6.45) is -4.86. The first-order valence-corrected chi connectivity index (χ1v) is 5.19. The molecule has 0 aliphatic carbocycles. The lowest BCUT2D eigenvalue weighted by Gasteiger charge is -2.13. The topological polar surface area (TPSA) is 20.2 Å². The highest BCUT2D eigenvalue weighted by molar-refractivity contribution is 9.10. The minimum absolute atomic E-state index is 0.277. The monoisotopic (exact) mass is 282 g/mol. The van der Waals surface area contributed by atoms with Crippen molar-refractivity contribution in [1.82, 2.24) is 0 Å². The van der Waals surface area contributed by atoms with Crippen molar-refractivity contribution in [2.24, 2.45) is 0 Å². The summed E-state index contributed by atoms with van der Waals surface area (Å²) in [5.41, 5.74) is -0.474. The molecule has 0 aromatic heterocycles. The normalized spacial score (nSPS) is 14.0. The second-order valence-electron chi connectivity index (χ2n) is 3.20. The standard InChI is InChI=1S/C10H10BrF3O/c1-2-9(15)6-3-7(10(12,13)14)5-8(11)4-6/h3-5,9,15H,2H2,1H3. The lowest BCUT2D eigenvalue weighted by Crippen LogP contribution is -2.07. The third-order valence-corrected chi connectivity index (χ3v) is 2.48. The van der Waals surface area contributed by atoms with Gasteiger partial charge in [-0.25, -0.2) is 0 Å². The van der Waals surface area contributed by atoms with Crippen LogP contribution in [-0.2, 0) is 6.18 Å². The van der Waals surface area contributed by atoms with Gasteiger partial charge < -0.3 is 5.11 Å². The van der Waals surface area contributed by atoms with E-state index in [0.717, 1.165) is 12.1 Å². The molecule has 1 aromatic carbocycles. The predicted molar refractivity (Wildman–Crippen MR) is 54.4 cm³/mol. The van der Waals surface area contributed by atoms with Crippen LogP contribution in [0.3, 0.4) is 0 Å². The van der Waals surface area contributed by atoms with Gasteiger partial charge in [0.2, 0.25) is 0 Å². The third kappa shape index (κ3) is 3.21. The van der Waals surface area contributed by atoms with E-state index >= 15 is 0 Å². The summed E-state index contributed by atoms with van der Waals surface area (Å²) in [5.74, 6) is 0. The Morgan fingerprint density at radius 2 is 1.93 bits per heavy atom. The van der Waals surface area contributed by atoms with Gasteiger partial charge in [0, 0.05) is 4.47 Å². The summed E-state index contributed by atoms with van der Waals surface area (Å²) in [6.45, 7) is 1.71. The number of benzene rings is 1. The van der Waals surface area contributed by atoms with E-state index in [9.17, 15) is 18.3 Å². The van der Waals surface area contributed by atoms with Gasteiger partial charge in [0.25, 0.3) is 0 Å². The smallest absolute Gasteiger partial charge is 0.388 e. The lowest BCUT2D eigenvalue weighted by atomic mass is 10.0. The van der Waals surface area contributed by atoms with Crippen LogP contribution in [0, 0.1) is 0 Å². The van der Waals surface area contributed by atoms with Crippen LogP contribution in [0.1, 0.15) is 30.6 Å². The van der Waals surface area contributed by atoms with Crippen molar-refractivity contribution < 1.29 is 18.3 Å². The van der Waals surface area contributed by atoms with Gasteiger partial charge in [-0.1, -0.05) is 22.9 Å². The Kier molecular flexibility index (Phi) is 3.78. The molecule has 0 saturated heterocycles. The number of aliphatic hydroxyl groups is 1. The van der Waals surface area contributed by atoms with Gasteiger partial charge in [0.05, 0.1) is 11.7 Å². The fourth-order valence-corrected chi connectivity index (χ4v) is 1.72. The van der Waals surface area contributed by atoms with Crippen LogP contribution in [0.15, 0.2) is 22.7 Å². The molecule has 5 heteroatoms. The molecule has 0 fully saturated rings. The molecule has 0 bridgehead atoms. The summed E-state index contributed by atoms with van der Waals surface area (Å²) < 4.78 is 37.6. The van der Waals surface area contributed by atoms with Crippen molar-refractivity contribution in [2.75, 3.05) is 0 Å². The first-order chi connectivity index (χ1) is 6.84. The van der Waals surface area contributed by atoms with Crippen molar-refractivity contribution in [2.45, 2.75) is 25.6 Å². The van der Waals surface area contributed by atoms with Crippen LogP contribution in [0.2, 0.25) is 0 Å². The number of hydrogen-bond donors (Lipinski definition) is 1. The Labute approximate surface area is 94.0 Å². The average Bonchev–Trinajstić information content (AvgIpc) is 2.14. The molecule has 1 unspecified atom stereocenters. The van der Waals surface area contributed by atoms with Crippen molar-refractivity contribution in [3.63, 3.8) is 0 Å². The molecule has 0 amide bonds. The van der Waals surface area contributed by atoms with Crippen molar-refractivity contribution in [1.29, 1.82) is 0 Å². The largest absolute Gasteiger partial charge is 0.416 e. The average molecular weight is 283 g/mol. The minimum atomic E-state index is -4.38. The maximum Gasteiger partial charge on any atom is 0.416 e. The molecule has 1 rings (SSSR count). The van der Waals surface area contributed by atoms with E-state index in [0.29, 0.717) is 10.9 Å².